The molecule has 1 aliphatic rings. The lowest BCUT2D eigenvalue weighted by Gasteiger charge is -2.35. The number of likely N-dealkylation sites (tertiary alicyclic amines) is 1. The van der Waals surface area contributed by atoms with E-state index in [-0.39, 0.29) is 17.6 Å². The molecule has 1 aromatic carbocycles. The Labute approximate surface area is 118 Å². The first-order valence-electron chi connectivity index (χ1n) is 7.02. The number of carboxylic acid groups (broad SMARTS) is 1. The zero-order valence-electron chi connectivity index (χ0n) is 11.6. The molecule has 2 amide bonds. The summed E-state index contributed by atoms with van der Waals surface area (Å²) in [5.41, 5.74) is 0.698. The minimum absolute atomic E-state index is 0.140. The van der Waals surface area contributed by atoms with E-state index < -0.39 is 5.97 Å². The molecule has 20 heavy (non-hydrogen) atoms. The molecule has 0 aromatic heterocycles. The summed E-state index contributed by atoms with van der Waals surface area (Å²) in [6.07, 6.45) is 4.18. The number of benzene rings is 1. The molecule has 1 heterocycles. The molecule has 0 aliphatic carbocycles. The largest absolute Gasteiger partial charge is 0.478 e. The van der Waals surface area contributed by atoms with Crippen molar-refractivity contribution in [3.63, 3.8) is 0 Å². The van der Waals surface area contributed by atoms with Gasteiger partial charge in [-0.1, -0.05) is 13.0 Å². The standard InChI is InChI=1S/C15H20N2O3/c1-2-13-8-3-4-9-17(13)15(20)16-12-7-5-6-11(10-12)14(18)19/h5-7,10,13H,2-4,8-9H2,1H3,(H,16,20)(H,18,19). The summed E-state index contributed by atoms with van der Waals surface area (Å²) in [7, 11) is 0. The molecule has 5 heteroatoms. The van der Waals surface area contributed by atoms with Gasteiger partial charge in [-0.3, -0.25) is 0 Å². The van der Waals surface area contributed by atoms with Gasteiger partial charge in [0.25, 0.3) is 0 Å². The fourth-order valence-corrected chi connectivity index (χ4v) is 2.62. The highest BCUT2D eigenvalue weighted by Crippen LogP contribution is 2.21. The number of urea groups is 1. The molecule has 2 N–H and O–H groups in total. The Kier molecular flexibility index (Phi) is 4.61. The predicted octanol–water partition coefficient (Wildman–Crippen LogP) is 3.18. The van der Waals surface area contributed by atoms with Gasteiger partial charge in [-0.15, -0.1) is 0 Å². The van der Waals surface area contributed by atoms with Crippen molar-refractivity contribution in [2.24, 2.45) is 0 Å². The third-order valence-electron chi connectivity index (χ3n) is 3.72. The van der Waals surface area contributed by atoms with E-state index in [1.807, 2.05) is 4.90 Å². The molecule has 1 aliphatic heterocycles. The number of nitrogens with zero attached hydrogens (tertiary/aromatic N) is 1. The molecule has 1 unspecified atom stereocenters. The fraction of sp³-hybridized carbons (Fsp3) is 0.467. The van der Waals surface area contributed by atoms with Crippen LogP contribution in [0, 0.1) is 0 Å². The van der Waals surface area contributed by atoms with E-state index in [0.717, 1.165) is 32.2 Å². The number of rotatable bonds is 3. The van der Waals surface area contributed by atoms with Gasteiger partial charge in [0.2, 0.25) is 0 Å². The number of carbonyl (C=O) groups is 2. The van der Waals surface area contributed by atoms with E-state index in [2.05, 4.69) is 12.2 Å². The van der Waals surface area contributed by atoms with Crippen molar-refractivity contribution < 1.29 is 14.7 Å². The van der Waals surface area contributed by atoms with Crippen LogP contribution in [0.4, 0.5) is 10.5 Å². The second kappa shape index (κ2) is 6.41. The molecular weight excluding hydrogens is 256 g/mol. The Morgan fingerprint density at radius 3 is 2.90 bits per heavy atom. The molecule has 1 fully saturated rings. The van der Waals surface area contributed by atoms with Gasteiger partial charge >= 0.3 is 12.0 Å². The molecule has 0 saturated carbocycles. The Morgan fingerprint density at radius 2 is 2.20 bits per heavy atom. The van der Waals surface area contributed by atoms with Gasteiger partial charge in [-0.05, 0) is 43.9 Å². The molecule has 108 valence electrons. The van der Waals surface area contributed by atoms with Crippen LogP contribution in [-0.4, -0.2) is 34.6 Å². The molecule has 2 rings (SSSR count). The van der Waals surface area contributed by atoms with Crippen molar-refractivity contribution in [2.45, 2.75) is 38.6 Å². The van der Waals surface area contributed by atoms with Gasteiger partial charge < -0.3 is 15.3 Å². The first-order valence-corrected chi connectivity index (χ1v) is 7.02. The van der Waals surface area contributed by atoms with E-state index in [9.17, 15) is 9.59 Å². The van der Waals surface area contributed by atoms with E-state index in [1.165, 1.54) is 12.1 Å². The van der Waals surface area contributed by atoms with Crippen LogP contribution in [0.5, 0.6) is 0 Å². The Bertz CT molecular complexity index is 502. The molecular formula is C15H20N2O3. The maximum Gasteiger partial charge on any atom is 0.335 e. The summed E-state index contributed by atoms with van der Waals surface area (Å²) < 4.78 is 0. The van der Waals surface area contributed by atoms with Crippen molar-refractivity contribution in [1.29, 1.82) is 0 Å². The van der Waals surface area contributed by atoms with Crippen LogP contribution < -0.4 is 5.32 Å². The molecule has 1 aromatic rings. The van der Waals surface area contributed by atoms with Gasteiger partial charge in [0.1, 0.15) is 0 Å². The Morgan fingerprint density at radius 1 is 1.40 bits per heavy atom. The quantitative estimate of drug-likeness (QED) is 0.890. The number of carbonyl (C=O) groups excluding carboxylic acids is 1. The first-order chi connectivity index (χ1) is 9.61. The molecule has 1 atom stereocenters. The van der Waals surface area contributed by atoms with Crippen molar-refractivity contribution in [3.8, 4) is 0 Å². The van der Waals surface area contributed by atoms with Gasteiger partial charge in [-0.25, -0.2) is 9.59 Å². The van der Waals surface area contributed by atoms with Crippen LogP contribution in [-0.2, 0) is 0 Å². The number of nitrogens with one attached hydrogen (secondary N) is 1. The summed E-state index contributed by atoms with van der Waals surface area (Å²) in [6.45, 7) is 2.85. The normalized spacial score (nSPS) is 18.6. The summed E-state index contributed by atoms with van der Waals surface area (Å²) >= 11 is 0. The number of anilines is 1. The van der Waals surface area contributed by atoms with Gasteiger partial charge in [0, 0.05) is 18.3 Å². The summed E-state index contributed by atoms with van der Waals surface area (Å²) in [4.78, 5) is 25.1. The fourth-order valence-electron chi connectivity index (χ4n) is 2.62. The van der Waals surface area contributed by atoms with Crippen LogP contribution >= 0.6 is 0 Å². The minimum atomic E-state index is -0.995. The minimum Gasteiger partial charge on any atom is -0.478 e. The summed E-state index contributed by atoms with van der Waals surface area (Å²) in [5.74, 6) is -0.995. The van der Waals surface area contributed by atoms with E-state index in [4.69, 9.17) is 5.11 Å². The maximum atomic E-state index is 12.3. The van der Waals surface area contributed by atoms with Crippen LogP contribution in [0.25, 0.3) is 0 Å². The smallest absolute Gasteiger partial charge is 0.335 e. The molecule has 1 saturated heterocycles. The number of piperidine rings is 1. The number of aromatic carboxylic acids is 1. The average molecular weight is 276 g/mol. The zero-order valence-corrected chi connectivity index (χ0v) is 11.6. The number of carboxylic acids is 1. The highest BCUT2D eigenvalue weighted by molar-refractivity contribution is 5.93. The SMILES string of the molecule is CCC1CCCCN1C(=O)Nc1cccc(C(=O)O)c1. The molecule has 0 bridgehead atoms. The van der Waals surface area contributed by atoms with E-state index >= 15 is 0 Å². The van der Waals surface area contributed by atoms with Crippen molar-refractivity contribution in [3.05, 3.63) is 29.8 Å². The third kappa shape index (κ3) is 3.29. The van der Waals surface area contributed by atoms with E-state index in [1.54, 1.807) is 12.1 Å². The monoisotopic (exact) mass is 276 g/mol. The number of amides is 2. The zero-order chi connectivity index (χ0) is 14.5. The molecule has 0 radical (unpaired) electrons. The Balaban J connectivity index is 2.06. The van der Waals surface area contributed by atoms with Crippen LogP contribution in [0.3, 0.4) is 0 Å². The topological polar surface area (TPSA) is 69.6 Å². The van der Waals surface area contributed by atoms with Gasteiger partial charge in [0.05, 0.1) is 5.56 Å². The van der Waals surface area contributed by atoms with E-state index in [0.29, 0.717) is 5.69 Å². The highest BCUT2D eigenvalue weighted by Gasteiger charge is 2.25. The Hall–Kier alpha value is -2.04. The van der Waals surface area contributed by atoms with Crippen molar-refractivity contribution in [2.75, 3.05) is 11.9 Å². The molecule has 0 spiro atoms. The van der Waals surface area contributed by atoms with Gasteiger partial charge in [0.15, 0.2) is 0 Å². The number of hydrogen-bond acceptors (Lipinski definition) is 2. The van der Waals surface area contributed by atoms with Crippen LogP contribution in [0.15, 0.2) is 24.3 Å². The first kappa shape index (κ1) is 14.4. The van der Waals surface area contributed by atoms with Crippen molar-refractivity contribution in [1.82, 2.24) is 4.90 Å². The lowest BCUT2D eigenvalue weighted by Crippen LogP contribution is -2.45. The second-order valence-electron chi connectivity index (χ2n) is 5.07. The molecule has 5 nitrogen and oxygen atoms in total. The van der Waals surface area contributed by atoms with Crippen molar-refractivity contribution >= 4 is 17.7 Å². The lowest BCUT2D eigenvalue weighted by atomic mass is 10.0. The highest BCUT2D eigenvalue weighted by atomic mass is 16.4. The van der Waals surface area contributed by atoms with Crippen LogP contribution in [0.1, 0.15) is 43.0 Å². The third-order valence-corrected chi connectivity index (χ3v) is 3.72. The average Bonchev–Trinajstić information content (AvgIpc) is 2.47. The maximum absolute atomic E-state index is 12.3. The second-order valence-corrected chi connectivity index (χ2v) is 5.07. The van der Waals surface area contributed by atoms with Crippen LogP contribution in [0.2, 0.25) is 0 Å². The number of hydrogen-bond donors (Lipinski definition) is 2. The lowest BCUT2D eigenvalue weighted by molar-refractivity contribution is 0.0697. The van der Waals surface area contributed by atoms with Gasteiger partial charge in [-0.2, -0.15) is 0 Å². The summed E-state index contributed by atoms with van der Waals surface area (Å²) in [6, 6.07) is 6.46. The summed E-state index contributed by atoms with van der Waals surface area (Å²) in [5, 5.41) is 11.7. The predicted molar refractivity (Wildman–Crippen MR) is 77.1 cm³/mol.